The van der Waals surface area contributed by atoms with Crippen molar-refractivity contribution in [3.05, 3.63) is 77.4 Å². The topological polar surface area (TPSA) is 67.6 Å². The molecule has 2 heterocycles. The average Bonchev–Trinajstić information content (AvgIpc) is 3.25. The van der Waals surface area contributed by atoms with E-state index in [-0.39, 0.29) is 23.4 Å². The van der Waals surface area contributed by atoms with Crippen LogP contribution in [0.5, 0.6) is 5.75 Å². The van der Waals surface area contributed by atoms with E-state index in [1.54, 1.807) is 49.6 Å². The molecule has 1 amide bonds. The maximum atomic E-state index is 13.4. The lowest BCUT2D eigenvalue weighted by molar-refractivity contribution is 0.0987. The molecule has 0 bridgehead atoms. The molecule has 0 unspecified atom stereocenters. The molecule has 0 atom stereocenters. The maximum Gasteiger partial charge on any atom is 0.294 e. The third-order valence-corrected chi connectivity index (χ3v) is 5.40. The Morgan fingerprint density at radius 2 is 1.97 bits per heavy atom. The highest BCUT2D eigenvalue weighted by Gasteiger charge is 2.25. The van der Waals surface area contributed by atoms with Crippen LogP contribution in [0.4, 0.5) is 10.1 Å². The molecule has 1 aromatic heterocycles. The molecule has 0 aliphatic carbocycles. The number of piperidine rings is 1. The van der Waals surface area contributed by atoms with Crippen LogP contribution in [-0.2, 0) is 6.54 Å². The Hall–Kier alpha value is -3.19. The Labute approximate surface area is 174 Å². The summed E-state index contributed by atoms with van der Waals surface area (Å²) in [5.41, 5.74) is 2.44. The smallest absolute Gasteiger partial charge is 0.294 e. The zero-order valence-corrected chi connectivity index (χ0v) is 16.8. The summed E-state index contributed by atoms with van der Waals surface area (Å²) in [5.74, 6) is 0.634. The van der Waals surface area contributed by atoms with E-state index in [9.17, 15) is 9.18 Å². The number of hydrogen-bond donors (Lipinski definition) is 1. The number of ether oxygens (including phenoxy) is 1. The van der Waals surface area contributed by atoms with Gasteiger partial charge in [0, 0.05) is 24.2 Å². The number of carbonyl (C=O) groups is 1. The summed E-state index contributed by atoms with van der Waals surface area (Å²) < 4.78 is 23.8. The molecule has 0 saturated carbocycles. The van der Waals surface area contributed by atoms with E-state index >= 15 is 0 Å². The van der Waals surface area contributed by atoms with E-state index in [1.807, 2.05) is 6.07 Å². The number of carbonyl (C=O) groups excluding carboxylic acids is 1. The molecule has 1 aliphatic rings. The first kappa shape index (κ1) is 20.1. The fraction of sp³-hybridized carbons (Fsp3) is 0.304. The molecule has 0 spiro atoms. The summed E-state index contributed by atoms with van der Waals surface area (Å²) >= 11 is 0. The minimum Gasteiger partial charge on any atom is -0.497 e. The van der Waals surface area contributed by atoms with Crippen molar-refractivity contribution in [3.63, 3.8) is 0 Å². The third kappa shape index (κ3) is 4.86. The standard InChI is InChI=1S/C23H24FN3O3/c1-29-20-7-5-19(6-8-20)25-23(28)22-14-21(26-30-22)17-9-11-27(12-10-17)15-16-3-2-4-18(24)13-16/h2-8,13-14,17H,9-12,15H2,1H3,(H,25,28). The molecule has 1 N–H and O–H groups in total. The van der Waals surface area contributed by atoms with Gasteiger partial charge in [0.05, 0.1) is 12.8 Å². The summed E-state index contributed by atoms with van der Waals surface area (Å²) in [6.45, 7) is 2.52. The van der Waals surface area contributed by atoms with Crippen LogP contribution < -0.4 is 10.1 Å². The van der Waals surface area contributed by atoms with Crippen molar-refractivity contribution >= 4 is 11.6 Å². The van der Waals surface area contributed by atoms with Crippen molar-refractivity contribution in [2.75, 3.05) is 25.5 Å². The minimum atomic E-state index is -0.331. The van der Waals surface area contributed by atoms with E-state index in [0.717, 1.165) is 49.5 Å². The van der Waals surface area contributed by atoms with Gasteiger partial charge in [-0.1, -0.05) is 17.3 Å². The third-order valence-electron chi connectivity index (χ3n) is 5.40. The van der Waals surface area contributed by atoms with E-state index in [2.05, 4.69) is 15.4 Å². The Kier molecular flexibility index (Phi) is 6.09. The van der Waals surface area contributed by atoms with Gasteiger partial charge in [0.2, 0.25) is 5.76 Å². The van der Waals surface area contributed by atoms with Gasteiger partial charge < -0.3 is 14.6 Å². The first-order valence-electron chi connectivity index (χ1n) is 9.99. The first-order valence-corrected chi connectivity index (χ1v) is 9.99. The predicted molar refractivity (Wildman–Crippen MR) is 111 cm³/mol. The summed E-state index contributed by atoms with van der Waals surface area (Å²) in [6.07, 6.45) is 1.84. The molecule has 1 saturated heterocycles. The fourth-order valence-corrected chi connectivity index (χ4v) is 3.74. The summed E-state index contributed by atoms with van der Waals surface area (Å²) in [4.78, 5) is 14.7. The number of halogens is 1. The van der Waals surface area contributed by atoms with E-state index in [1.165, 1.54) is 6.07 Å². The number of aromatic nitrogens is 1. The molecule has 30 heavy (non-hydrogen) atoms. The van der Waals surface area contributed by atoms with Crippen molar-refractivity contribution < 1.29 is 18.4 Å². The second-order valence-electron chi connectivity index (χ2n) is 7.48. The molecular weight excluding hydrogens is 385 g/mol. The number of hydrogen-bond acceptors (Lipinski definition) is 5. The number of nitrogens with zero attached hydrogens (tertiary/aromatic N) is 2. The lowest BCUT2D eigenvalue weighted by Crippen LogP contribution is -2.32. The van der Waals surface area contributed by atoms with Gasteiger partial charge in [-0.25, -0.2) is 4.39 Å². The quantitative estimate of drug-likeness (QED) is 0.651. The number of likely N-dealkylation sites (tertiary alicyclic amines) is 1. The average molecular weight is 409 g/mol. The van der Waals surface area contributed by atoms with Crippen LogP contribution in [0.25, 0.3) is 0 Å². The van der Waals surface area contributed by atoms with E-state index < -0.39 is 0 Å². The van der Waals surface area contributed by atoms with Gasteiger partial charge in [-0.2, -0.15) is 0 Å². The second-order valence-corrected chi connectivity index (χ2v) is 7.48. The highest BCUT2D eigenvalue weighted by molar-refractivity contribution is 6.02. The second kappa shape index (κ2) is 9.09. The van der Waals surface area contributed by atoms with Gasteiger partial charge in [-0.05, 0) is 67.9 Å². The van der Waals surface area contributed by atoms with Crippen molar-refractivity contribution in [2.24, 2.45) is 0 Å². The lowest BCUT2D eigenvalue weighted by Gasteiger charge is -2.31. The number of anilines is 1. The van der Waals surface area contributed by atoms with E-state index in [0.29, 0.717) is 5.69 Å². The number of rotatable bonds is 6. The van der Waals surface area contributed by atoms with Crippen molar-refractivity contribution in [2.45, 2.75) is 25.3 Å². The molecule has 4 rings (SSSR count). The molecule has 7 heteroatoms. The van der Waals surface area contributed by atoms with Crippen molar-refractivity contribution in [3.8, 4) is 5.75 Å². The molecule has 3 aromatic rings. The van der Waals surface area contributed by atoms with Gasteiger partial charge in [0.1, 0.15) is 11.6 Å². The Morgan fingerprint density at radius 1 is 1.20 bits per heavy atom. The van der Waals surface area contributed by atoms with Crippen LogP contribution in [-0.4, -0.2) is 36.2 Å². The van der Waals surface area contributed by atoms with Crippen molar-refractivity contribution in [1.29, 1.82) is 0 Å². The minimum absolute atomic E-state index is 0.197. The summed E-state index contributed by atoms with van der Waals surface area (Å²) in [7, 11) is 1.59. The number of amides is 1. The molecule has 156 valence electrons. The predicted octanol–water partition coefficient (Wildman–Crippen LogP) is 4.45. The van der Waals surface area contributed by atoms with Crippen molar-refractivity contribution in [1.82, 2.24) is 10.1 Å². The fourth-order valence-electron chi connectivity index (χ4n) is 3.74. The molecule has 1 aliphatic heterocycles. The Balaban J connectivity index is 1.31. The van der Waals surface area contributed by atoms with Crippen LogP contribution in [0.2, 0.25) is 0 Å². The van der Waals surface area contributed by atoms with Gasteiger partial charge in [0.25, 0.3) is 5.91 Å². The van der Waals surface area contributed by atoms with Crippen LogP contribution in [0.3, 0.4) is 0 Å². The van der Waals surface area contributed by atoms with Crippen LogP contribution >= 0.6 is 0 Å². The summed E-state index contributed by atoms with van der Waals surface area (Å²) in [5, 5.41) is 6.92. The number of nitrogens with one attached hydrogen (secondary N) is 1. The van der Waals surface area contributed by atoms with Gasteiger partial charge >= 0.3 is 0 Å². The Morgan fingerprint density at radius 3 is 2.67 bits per heavy atom. The largest absolute Gasteiger partial charge is 0.497 e. The zero-order valence-electron chi connectivity index (χ0n) is 16.8. The maximum absolute atomic E-state index is 13.4. The lowest BCUT2D eigenvalue weighted by atomic mass is 9.93. The monoisotopic (exact) mass is 409 g/mol. The van der Waals surface area contributed by atoms with Crippen LogP contribution in [0, 0.1) is 5.82 Å². The van der Waals surface area contributed by atoms with Crippen LogP contribution in [0.1, 0.15) is 40.6 Å². The molecule has 1 fully saturated rings. The molecule has 0 radical (unpaired) electrons. The zero-order chi connectivity index (χ0) is 20.9. The number of benzene rings is 2. The normalized spacial score (nSPS) is 15.1. The molecular formula is C23H24FN3O3. The number of methoxy groups -OCH3 is 1. The Bertz CT molecular complexity index is 995. The SMILES string of the molecule is COc1ccc(NC(=O)c2cc(C3CCN(Cc4cccc(F)c4)CC3)no2)cc1. The highest BCUT2D eigenvalue weighted by Crippen LogP contribution is 2.28. The van der Waals surface area contributed by atoms with Gasteiger partial charge in [-0.3, -0.25) is 9.69 Å². The molecule has 2 aromatic carbocycles. The van der Waals surface area contributed by atoms with Gasteiger partial charge in [-0.15, -0.1) is 0 Å². The van der Waals surface area contributed by atoms with Crippen LogP contribution in [0.15, 0.2) is 59.1 Å². The van der Waals surface area contributed by atoms with E-state index in [4.69, 9.17) is 9.26 Å². The highest BCUT2D eigenvalue weighted by atomic mass is 19.1. The summed E-state index contributed by atoms with van der Waals surface area (Å²) in [6, 6.07) is 15.5. The van der Waals surface area contributed by atoms with Gasteiger partial charge in [0.15, 0.2) is 0 Å². The first-order chi connectivity index (χ1) is 14.6. The molecule has 6 nitrogen and oxygen atoms in total.